The van der Waals surface area contributed by atoms with Crippen LogP contribution in [-0.2, 0) is 9.59 Å². The molecule has 3 unspecified atom stereocenters. The predicted molar refractivity (Wildman–Crippen MR) is 105 cm³/mol. The van der Waals surface area contributed by atoms with Crippen LogP contribution in [0.2, 0.25) is 0 Å². The molecule has 2 aromatic rings. The van der Waals surface area contributed by atoms with Gasteiger partial charge in [-0.2, -0.15) is 0 Å². The molecule has 0 N–H and O–H groups in total. The molecule has 5 nitrogen and oxygen atoms in total. The van der Waals surface area contributed by atoms with E-state index in [1.807, 2.05) is 38.1 Å². The van der Waals surface area contributed by atoms with Crippen molar-refractivity contribution in [3.05, 3.63) is 71.8 Å². The molecule has 1 aliphatic carbocycles. The lowest BCUT2D eigenvalue weighted by Crippen LogP contribution is -2.31. The van der Waals surface area contributed by atoms with Crippen LogP contribution >= 0.6 is 0 Å². The number of imide groups is 1. The van der Waals surface area contributed by atoms with Gasteiger partial charge in [0.15, 0.2) is 0 Å². The molecule has 5 heteroatoms. The molecule has 0 bridgehead atoms. The molecule has 28 heavy (non-hydrogen) atoms. The van der Waals surface area contributed by atoms with Crippen LogP contribution in [0.4, 0.5) is 5.69 Å². The summed E-state index contributed by atoms with van der Waals surface area (Å²) < 4.78 is 5.49. The Balaban J connectivity index is 1.59. The van der Waals surface area contributed by atoms with Crippen molar-refractivity contribution in [1.82, 2.24) is 0 Å². The van der Waals surface area contributed by atoms with Crippen LogP contribution in [0.15, 0.2) is 60.7 Å². The SMILES string of the molecule is Cc1ccccc1C(=O)Oc1cccc(N2C(=O)C3CC=CC(C)C3C2=O)c1. The highest BCUT2D eigenvalue weighted by Gasteiger charge is 2.50. The van der Waals surface area contributed by atoms with Crippen LogP contribution in [0, 0.1) is 24.7 Å². The number of ether oxygens (including phenoxy) is 1. The molecule has 1 heterocycles. The third-order valence-corrected chi connectivity index (χ3v) is 5.52. The van der Waals surface area contributed by atoms with E-state index < -0.39 is 5.97 Å². The van der Waals surface area contributed by atoms with Gasteiger partial charge in [-0.3, -0.25) is 9.59 Å². The van der Waals surface area contributed by atoms with Crippen molar-refractivity contribution >= 4 is 23.5 Å². The predicted octanol–water partition coefficient (Wildman–Crippen LogP) is 3.92. The van der Waals surface area contributed by atoms with Crippen molar-refractivity contribution in [2.45, 2.75) is 20.3 Å². The zero-order chi connectivity index (χ0) is 19.8. The van der Waals surface area contributed by atoms with Crippen molar-refractivity contribution in [3.63, 3.8) is 0 Å². The molecule has 2 amide bonds. The molecule has 0 saturated carbocycles. The van der Waals surface area contributed by atoms with Gasteiger partial charge in [-0.1, -0.05) is 43.3 Å². The Hall–Kier alpha value is -3.21. The first-order chi connectivity index (χ1) is 13.5. The van der Waals surface area contributed by atoms with Gasteiger partial charge in [0, 0.05) is 6.07 Å². The number of rotatable bonds is 3. The number of fused-ring (bicyclic) bond motifs is 1. The van der Waals surface area contributed by atoms with Crippen LogP contribution in [0.3, 0.4) is 0 Å². The maximum atomic E-state index is 12.9. The van der Waals surface area contributed by atoms with Gasteiger partial charge < -0.3 is 4.74 Å². The van der Waals surface area contributed by atoms with E-state index in [0.29, 0.717) is 23.4 Å². The van der Waals surface area contributed by atoms with E-state index in [2.05, 4.69) is 0 Å². The Bertz CT molecular complexity index is 994. The summed E-state index contributed by atoms with van der Waals surface area (Å²) in [6.07, 6.45) is 4.55. The van der Waals surface area contributed by atoms with E-state index in [4.69, 9.17) is 4.74 Å². The Morgan fingerprint density at radius 2 is 1.86 bits per heavy atom. The lowest BCUT2D eigenvalue weighted by molar-refractivity contribution is -0.122. The summed E-state index contributed by atoms with van der Waals surface area (Å²) in [6, 6.07) is 13.8. The first-order valence-corrected chi connectivity index (χ1v) is 9.39. The lowest BCUT2D eigenvalue weighted by Gasteiger charge is -2.22. The molecule has 1 fully saturated rings. The topological polar surface area (TPSA) is 63.7 Å². The number of benzene rings is 2. The van der Waals surface area contributed by atoms with Gasteiger partial charge in [0.1, 0.15) is 5.75 Å². The van der Waals surface area contributed by atoms with Crippen molar-refractivity contribution in [2.24, 2.45) is 17.8 Å². The summed E-state index contributed by atoms with van der Waals surface area (Å²) in [5.74, 6) is -1.15. The number of carbonyl (C=O) groups excluding carboxylic acids is 3. The van der Waals surface area contributed by atoms with Crippen LogP contribution in [0.5, 0.6) is 5.75 Å². The number of anilines is 1. The minimum atomic E-state index is -0.471. The van der Waals surface area contributed by atoms with Crippen molar-refractivity contribution in [3.8, 4) is 5.75 Å². The fourth-order valence-corrected chi connectivity index (χ4v) is 4.05. The number of hydrogen-bond acceptors (Lipinski definition) is 4. The third kappa shape index (κ3) is 3.03. The summed E-state index contributed by atoms with van der Waals surface area (Å²) in [6.45, 7) is 3.80. The minimum absolute atomic E-state index is 0.0299. The molecule has 2 aromatic carbocycles. The van der Waals surface area contributed by atoms with Gasteiger partial charge in [-0.15, -0.1) is 0 Å². The number of allylic oxidation sites excluding steroid dienone is 2. The smallest absolute Gasteiger partial charge is 0.343 e. The normalized spacial score (nSPS) is 23.6. The van der Waals surface area contributed by atoms with E-state index in [1.54, 1.807) is 36.4 Å². The monoisotopic (exact) mass is 375 g/mol. The molecular weight excluding hydrogens is 354 g/mol. The molecular formula is C23H21NO4. The van der Waals surface area contributed by atoms with E-state index in [1.165, 1.54) is 4.90 Å². The second-order valence-corrected chi connectivity index (χ2v) is 7.37. The van der Waals surface area contributed by atoms with E-state index >= 15 is 0 Å². The van der Waals surface area contributed by atoms with E-state index in [-0.39, 0.29) is 29.6 Å². The van der Waals surface area contributed by atoms with E-state index in [0.717, 1.165) is 5.56 Å². The van der Waals surface area contributed by atoms with Crippen LogP contribution in [-0.4, -0.2) is 17.8 Å². The average molecular weight is 375 g/mol. The van der Waals surface area contributed by atoms with Gasteiger partial charge >= 0.3 is 5.97 Å². The Morgan fingerprint density at radius 3 is 2.61 bits per heavy atom. The van der Waals surface area contributed by atoms with Gasteiger partial charge in [-0.05, 0) is 43.0 Å². The highest BCUT2D eigenvalue weighted by molar-refractivity contribution is 6.22. The summed E-state index contributed by atoms with van der Waals surface area (Å²) in [7, 11) is 0. The summed E-state index contributed by atoms with van der Waals surface area (Å²) in [5.41, 5.74) is 1.73. The number of carbonyl (C=O) groups is 3. The van der Waals surface area contributed by atoms with Crippen LogP contribution in [0.25, 0.3) is 0 Å². The maximum Gasteiger partial charge on any atom is 0.343 e. The zero-order valence-corrected chi connectivity index (χ0v) is 15.8. The molecule has 3 atom stereocenters. The number of amides is 2. The minimum Gasteiger partial charge on any atom is -0.423 e. The summed E-state index contributed by atoms with van der Waals surface area (Å²) in [4.78, 5) is 39.5. The maximum absolute atomic E-state index is 12.9. The molecule has 142 valence electrons. The quantitative estimate of drug-likeness (QED) is 0.353. The van der Waals surface area contributed by atoms with Gasteiger partial charge in [0.05, 0.1) is 23.1 Å². The lowest BCUT2D eigenvalue weighted by atomic mass is 9.78. The van der Waals surface area contributed by atoms with Crippen LogP contribution in [0.1, 0.15) is 29.3 Å². The number of nitrogens with zero attached hydrogens (tertiary/aromatic N) is 1. The summed E-state index contributed by atoms with van der Waals surface area (Å²) >= 11 is 0. The number of esters is 1. The highest BCUT2D eigenvalue weighted by atomic mass is 16.5. The van der Waals surface area contributed by atoms with Gasteiger partial charge in [0.2, 0.25) is 11.8 Å². The van der Waals surface area contributed by atoms with Gasteiger partial charge in [-0.25, -0.2) is 9.69 Å². The Morgan fingerprint density at radius 1 is 1.07 bits per heavy atom. The van der Waals surface area contributed by atoms with Gasteiger partial charge in [0.25, 0.3) is 0 Å². The molecule has 0 spiro atoms. The molecule has 1 aliphatic heterocycles. The highest BCUT2D eigenvalue weighted by Crippen LogP contribution is 2.40. The number of hydrogen-bond donors (Lipinski definition) is 0. The van der Waals surface area contributed by atoms with Crippen LogP contribution < -0.4 is 9.64 Å². The standard InChI is InChI=1S/C23H21NO4/c1-14-7-3-4-11-18(14)23(27)28-17-10-6-9-16(13-17)24-21(25)19-12-5-8-15(2)20(19)22(24)26/h3-11,13,15,19-20H,12H2,1-2H3. The first-order valence-electron chi connectivity index (χ1n) is 9.39. The average Bonchev–Trinajstić information content (AvgIpc) is 2.94. The molecule has 1 saturated heterocycles. The molecule has 4 rings (SSSR count). The second-order valence-electron chi connectivity index (χ2n) is 7.37. The molecule has 2 aliphatic rings. The second kappa shape index (κ2) is 7.08. The van der Waals surface area contributed by atoms with E-state index in [9.17, 15) is 14.4 Å². The largest absolute Gasteiger partial charge is 0.423 e. The zero-order valence-electron chi connectivity index (χ0n) is 15.8. The summed E-state index contributed by atoms with van der Waals surface area (Å²) in [5, 5.41) is 0. The first kappa shape index (κ1) is 18.2. The molecule has 0 aromatic heterocycles. The van der Waals surface area contributed by atoms with Crippen molar-refractivity contribution < 1.29 is 19.1 Å². The fraction of sp³-hybridized carbons (Fsp3) is 0.261. The Labute approximate surface area is 163 Å². The fourth-order valence-electron chi connectivity index (χ4n) is 4.05. The van der Waals surface area contributed by atoms with Crippen molar-refractivity contribution in [1.29, 1.82) is 0 Å². The molecule has 0 radical (unpaired) electrons. The third-order valence-electron chi connectivity index (χ3n) is 5.52. The number of aryl methyl sites for hydroxylation is 1. The Kier molecular flexibility index (Phi) is 4.59. The van der Waals surface area contributed by atoms with Crippen molar-refractivity contribution in [2.75, 3.05) is 4.90 Å².